The second-order valence-corrected chi connectivity index (χ2v) is 3.67. The first-order chi connectivity index (χ1) is 7.68. The summed E-state index contributed by atoms with van der Waals surface area (Å²) in [6, 6.07) is 8.88. The molecule has 1 aromatic rings. The van der Waals surface area contributed by atoms with Crippen molar-refractivity contribution in [3.8, 4) is 5.75 Å². The van der Waals surface area contributed by atoms with Gasteiger partial charge in [-0.3, -0.25) is 0 Å². The fourth-order valence-corrected chi connectivity index (χ4v) is 1.15. The monoisotopic (exact) mass is 223 g/mol. The molecule has 0 heterocycles. The molecule has 0 saturated carbocycles. The Kier molecular flexibility index (Phi) is 5.36. The maximum atomic E-state index is 11.2. The maximum Gasteiger partial charge on any atom is 0.513 e. The largest absolute Gasteiger partial charge is 0.513 e. The number of ether oxygens (including phenoxy) is 2. The van der Waals surface area contributed by atoms with Gasteiger partial charge in [-0.1, -0.05) is 18.2 Å². The summed E-state index contributed by atoms with van der Waals surface area (Å²) in [5.74, 6) is 0.500. The number of hydrogen-bond acceptors (Lipinski definition) is 4. The van der Waals surface area contributed by atoms with Crippen LogP contribution < -0.4 is 4.74 Å². The van der Waals surface area contributed by atoms with E-state index in [4.69, 9.17) is 9.47 Å². The van der Waals surface area contributed by atoms with E-state index in [1.807, 2.05) is 25.1 Å². The average Bonchev–Trinajstić information content (AvgIpc) is 2.25. The lowest BCUT2D eigenvalue weighted by Gasteiger charge is -2.09. The van der Waals surface area contributed by atoms with Gasteiger partial charge in [0.25, 0.3) is 0 Å². The van der Waals surface area contributed by atoms with Gasteiger partial charge in [0.15, 0.2) is 0 Å². The van der Waals surface area contributed by atoms with Crippen LogP contribution in [0.4, 0.5) is 4.79 Å². The van der Waals surface area contributed by atoms with Gasteiger partial charge in [-0.15, -0.1) is 0 Å². The topological polar surface area (TPSA) is 38.8 Å². The Hall–Kier alpha value is -1.55. The van der Waals surface area contributed by atoms with E-state index in [0.29, 0.717) is 12.4 Å². The van der Waals surface area contributed by atoms with Gasteiger partial charge in [-0.05, 0) is 32.6 Å². The van der Waals surface area contributed by atoms with Gasteiger partial charge < -0.3 is 14.4 Å². The van der Waals surface area contributed by atoms with Crippen LogP contribution in [-0.2, 0) is 4.74 Å². The molecule has 0 radical (unpaired) electrons. The zero-order chi connectivity index (χ0) is 11.8. The molecule has 0 amide bonds. The average molecular weight is 223 g/mol. The molecule has 88 valence electrons. The second-order valence-electron chi connectivity index (χ2n) is 3.67. The second kappa shape index (κ2) is 6.85. The van der Waals surface area contributed by atoms with Crippen LogP contribution in [0.2, 0.25) is 0 Å². The van der Waals surface area contributed by atoms with Crippen LogP contribution in [0, 0.1) is 0 Å². The van der Waals surface area contributed by atoms with Crippen LogP contribution in [0.5, 0.6) is 5.75 Å². The zero-order valence-corrected chi connectivity index (χ0v) is 9.68. The summed E-state index contributed by atoms with van der Waals surface area (Å²) in [5, 5.41) is 0. The molecular weight excluding hydrogens is 206 g/mol. The smallest absolute Gasteiger partial charge is 0.434 e. The number of hydrogen-bond donors (Lipinski definition) is 0. The highest BCUT2D eigenvalue weighted by Gasteiger charge is 2.04. The third-order valence-electron chi connectivity index (χ3n) is 1.91. The Balaban J connectivity index is 2.17. The number of rotatable bonds is 5. The van der Waals surface area contributed by atoms with Gasteiger partial charge in [0, 0.05) is 6.54 Å². The molecule has 0 N–H and O–H groups in total. The van der Waals surface area contributed by atoms with E-state index in [-0.39, 0.29) is 0 Å². The zero-order valence-electron chi connectivity index (χ0n) is 9.68. The van der Waals surface area contributed by atoms with Crippen molar-refractivity contribution in [2.24, 2.45) is 0 Å². The van der Waals surface area contributed by atoms with Gasteiger partial charge in [-0.2, -0.15) is 0 Å². The van der Waals surface area contributed by atoms with Crippen molar-refractivity contribution >= 4 is 6.16 Å². The molecule has 1 rings (SSSR count). The minimum absolute atomic E-state index is 0.379. The fraction of sp³-hybridized carbons (Fsp3) is 0.417. The van der Waals surface area contributed by atoms with Crippen molar-refractivity contribution in [2.45, 2.75) is 6.42 Å². The van der Waals surface area contributed by atoms with E-state index in [0.717, 1.165) is 13.0 Å². The third kappa shape index (κ3) is 5.36. The quantitative estimate of drug-likeness (QED) is 0.435. The van der Waals surface area contributed by atoms with E-state index in [1.54, 1.807) is 24.3 Å². The number of carbonyl (C=O) groups is 1. The van der Waals surface area contributed by atoms with Gasteiger partial charge in [-0.25, -0.2) is 4.79 Å². The van der Waals surface area contributed by atoms with Crippen molar-refractivity contribution in [1.82, 2.24) is 4.90 Å². The van der Waals surface area contributed by atoms with Crippen LogP contribution in [0.1, 0.15) is 6.42 Å². The predicted octanol–water partition coefficient (Wildman–Crippen LogP) is 2.15. The van der Waals surface area contributed by atoms with E-state index >= 15 is 0 Å². The van der Waals surface area contributed by atoms with Crippen LogP contribution in [0.15, 0.2) is 30.3 Å². The Morgan fingerprint density at radius 3 is 2.56 bits per heavy atom. The molecule has 4 nitrogen and oxygen atoms in total. The number of carbonyl (C=O) groups excluding carboxylic acids is 1. The fourth-order valence-electron chi connectivity index (χ4n) is 1.15. The molecule has 0 unspecified atom stereocenters. The van der Waals surface area contributed by atoms with Crippen molar-refractivity contribution in [1.29, 1.82) is 0 Å². The first-order valence-electron chi connectivity index (χ1n) is 5.23. The first-order valence-corrected chi connectivity index (χ1v) is 5.23. The standard InChI is InChI=1S/C12H17NO3/c1-13(2)9-6-10-15-12(14)16-11-7-4-3-5-8-11/h3-5,7-8H,6,9-10H2,1-2H3. The van der Waals surface area contributed by atoms with Crippen LogP contribution in [0.25, 0.3) is 0 Å². The molecule has 0 aromatic heterocycles. The molecule has 0 aliphatic carbocycles. The van der Waals surface area contributed by atoms with Crippen molar-refractivity contribution in [3.63, 3.8) is 0 Å². The van der Waals surface area contributed by atoms with Crippen LogP contribution in [-0.4, -0.2) is 38.3 Å². The van der Waals surface area contributed by atoms with E-state index in [1.165, 1.54) is 0 Å². The minimum Gasteiger partial charge on any atom is -0.434 e. The Morgan fingerprint density at radius 1 is 1.25 bits per heavy atom. The van der Waals surface area contributed by atoms with Gasteiger partial charge in [0.1, 0.15) is 5.75 Å². The molecule has 1 aromatic carbocycles. The Morgan fingerprint density at radius 2 is 1.94 bits per heavy atom. The number of nitrogens with zero attached hydrogens (tertiary/aromatic N) is 1. The predicted molar refractivity (Wildman–Crippen MR) is 61.6 cm³/mol. The van der Waals surface area contributed by atoms with E-state index in [9.17, 15) is 4.79 Å². The summed E-state index contributed by atoms with van der Waals surface area (Å²) in [5.41, 5.74) is 0. The highest BCUT2D eigenvalue weighted by atomic mass is 16.7. The summed E-state index contributed by atoms with van der Waals surface area (Å²) in [4.78, 5) is 13.2. The summed E-state index contributed by atoms with van der Waals surface area (Å²) >= 11 is 0. The van der Waals surface area contributed by atoms with Crippen LogP contribution >= 0.6 is 0 Å². The number of benzene rings is 1. The van der Waals surface area contributed by atoms with Gasteiger partial charge in [0.2, 0.25) is 0 Å². The molecule has 0 atom stereocenters. The molecule has 16 heavy (non-hydrogen) atoms. The molecule has 0 aliphatic rings. The lowest BCUT2D eigenvalue weighted by Crippen LogP contribution is -2.17. The molecule has 0 fully saturated rings. The van der Waals surface area contributed by atoms with Crippen molar-refractivity contribution in [3.05, 3.63) is 30.3 Å². The van der Waals surface area contributed by atoms with Gasteiger partial charge >= 0.3 is 6.16 Å². The van der Waals surface area contributed by atoms with E-state index in [2.05, 4.69) is 0 Å². The highest BCUT2D eigenvalue weighted by molar-refractivity contribution is 5.63. The lowest BCUT2D eigenvalue weighted by molar-refractivity contribution is 0.0959. The summed E-state index contributed by atoms with van der Waals surface area (Å²) < 4.78 is 9.86. The normalized spacial score (nSPS) is 10.2. The SMILES string of the molecule is CN(C)CCCOC(=O)Oc1ccccc1. The lowest BCUT2D eigenvalue weighted by atomic mass is 10.3. The summed E-state index contributed by atoms with van der Waals surface area (Å²) in [6.45, 7) is 1.27. The van der Waals surface area contributed by atoms with Crippen LogP contribution in [0.3, 0.4) is 0 Å². The minimum atomic E-state index is -0.648. The molecular formula is C12H17NO3. The molecule has 4 heteroatoms. The summed E-state index contributed by atoms with van der Waals surface area (Å²) in [6.07, 6.45) is 0.154. The van der Waals surface area contributed by atoms with Crippen molar-refractivity contribution < 1.29 is 14.3 Å². The highest BCUT2D eigenvalue weighted by Crippen LogP contribution is 2.09. The molecule has 0 saturated heterocycles. The maximum absolute atomic E-state index is 11.2. The summed E-state index contributed by atoms with van der Waals surface area (Å²) in [7, 11) is 3.95. The van der Waals surface area contributed by atoms with Crippen molar-refractivity contribution in [2.75, 3.05) is 27.2 Å². The number of para-hydroxylation sites is 1. The van der Waals surface area contributed by atoms with Gasteiger partial charge in [0.05, 0.1) is 6.61 Å². The third-order valence-corrected chi connectivity index (χ3v) is 1.91. The first kappa shape index (κ1) is 12.5. The van der Waals surface area contributed by atoms with E-state index < -0.39 is 6.16 Å². The molecule has 0 aliphatic heterocycles. The molecule has 0 bridgehead atoms. The Bertz CT molecular complexity index is 311. The Labute approximate surface area is 95.8 Å². The molecule has 0 spiro atoms.